The van der Waals surface area contributed by atoms with Gasteiger partial charge in [-0.15, -0.1) is 0 Å². The smallest absolute Gasteiger partial charge is 0.119 e. The minimum absolute atomic E-state index is 0.146. The largest absolute Gasteiger partial charge is 0.489 e. The standard InChI is InChI=1S/C22H23NO2/c23-22(17-24-15-18-7-3-1-4-8-18)20-11-13-21(14-12-20)25-16-19-9-5-2-6-10-19/h1-14,22H,15-17,23H2. The molecular formula is C22H23NO2. The molecule has 0 aliphatic carbocycles. The molecule has 3 aromatic rings. The Morgan fingerprint density at radius 3 is 1.84 bits per heavy atom. The van der Waals surface area contributed by atoms with E-state index >= 15 is 0 Å². The van der Waals surface area contributed by atoms with Gasteiger partial charge in [0, 0.05) is 0 Å². The van der Waals surface area contributed by atoms with Crippen molar-refractivity contribution in [3.05, 3.63) is 102 Å². The Kier molecular flexibility index (Phi) is 6.21. The third-order valence-electron chi connectivity index (χ3n) is 3.97. The normalized spacial score (nSPS) is 11.9. The molecular weight excluding hydrogens is 310 g/mol. The van der Waals surface area contributed by atoms with Gasteiger partial charge in [0.05, 0.1) is 19.3 Å². The van der Waals surface area contributed by atoms with Crippen molar-refractivity contribution >= 4 is 0 Å². The van der Waals surface area contributed by atoms with Crippen molar-refractivity contribution in [3.8, 4) is 5.75 Å². The van der Waals surface area contributed by atoms with Gasteiger partial charge >= 0.3 is 0 Å². The Bertz CT molecular complexity index is 742. The Labute approximate surface area is 149 Å². The van der Waals surface area contributed by atoms with Gasteiger partial charge < -0.3 is 15.2 Å². The number of benzene rings is 3. The van der Waals surface area contributed by atoms with Crippen LogP contribution in [-0.2, 0) is 18.0 Å². The van der Waals surface area contributed by atoms with Crippen molar-refractivity contribution in [1.82, 2.24) is 0 Å². The zero-order valence-corrected chi connectivity index (χ0v) is 14.2. The second-order valence-corrected chi connectivity index (χ2v) is 5.95. The van der Waals surface area contributed by atoms with Crippen molar-refractivity contribution in [2.75, 3.05) is 6.61 Å². The molecule has 3 rings (SSSR count). The fourth-order valence-corrected chi connectivity index (χ4v) is 2.53. The van der Waals surface area contributed by atoms with E-state index in [0.717, 1.165) is 22.4 Å². The number of rotatable bonds is 8. The van der Waals surface area contributed by atoms with Crippen LogP contribution in [0.1, 0.15) is 22.7 Å². The third kappa shape index (κ3) is 5.45. The summed E-state index contributed by atoms with van der Waals surface area (Å²) < 4.78 is 11.5. The van der Waals surface area contributed by atoms with Gasteiger partial charge in [-0.25, -0.2) is 0 Å². The molecule has 0 radical (unpaired) electrons. The lowest BCUT2D eigenvalue weighted by molar-refractivity contribution is 0.108. The van der Waals surface area contributed by atoms with E-state index < -0.39 is 0 Å². The van der Waals surface area contributed by atoms with Crippen molar-refractivity contribution in [2.45, 2.75) is 19.3 Å². The van der Waals surface area contributed by atoms with Crippen LogP contribution >= 0.6 is 0 Å². The molecule has 2 N–H and O–H groups in total. The average Bonchev–Trinajstić information content (AvgIpc) is 2.68. The Morgan fingerprint density at radius 2 is 1.24 bits per heavy atom. The Balaban J connectivity index is 1.46. The molecule has 0 aliphatic heterocycles. The highest BCUT2D eigenvalue weighted by Crippen LogP contribution is 2.18. The highest BCUT2D eigenvalue weighted by molar-refractivity contribution is 5.29. The molecule has 0 heterocycles. The van der Waals surface area contributed by atoms with E-state index in [2.05, 4.69) is 0 Å². The maximum Gasteiger partial charge on any atom is 0.119 e. The summed E-state index contributed by atoms with van der Waals surface area (Å²) >= 11 is 0. The lowest BCUT2D eigenvalue weighted by Crippen LogP contribution is -2.17. The third-order valence-corrected chi connectivity index (χ3v) is 3.97. The monoisotopic (exact) mass is 333 g/mol. The molecule has 3 heteroatoms. The SMILES string of the molecule is NC(COCc1ccccc1)c1ccc(OCc2ccccc2)cc1. The van der Waals surface area contributed by atoms with Crippen LogP contribution in [0, 0.1) is 0 Å². The van der Waals surface area contributed by atoms with Gasteiger partial charge in [-0.1, -0.05) is 72.8 Å². The van der Waals surface area contributed by atoms with Crippen LogP contribution in [0.4, 0.5) is 0 Å². The molecule has 0 aliphatic rings. The molecule has 0 saturated heterocycles. The van der Waals surface area contributed by atoms with Crippen molar-refractivity contribution in [3.63, 3.8) is 0 Å². The van der Waals surface area contributed by atoms with Gasteiger partial charge in [0.1, 0.15) is 12.4 Å². The summed E-state index contributed by atoms with van der Waals surface area (Å²) in [6.07, 6.45) is 0. The summed E-state index contributed by atoms with van der Waals surface area (Å²) in [4.78, 5) is 0. The van der Waals surface area contributed by atoms with Crippen LogP contribution in [-0.4, -0.2) is 6.61 Å². The number of hydrogen-bond acceptors (Lipinski definition) is 3. The topological polar surface area (TPSA) is 44.5 Å². The molecule has 25 heavy (non-hydrogen) atoms. The average molecular weight is 333 g/mol. The van der Waals surface area contributed by atoms with Crippen LogP contribution in [0.5, 0.6) is 5.75 Å². The van der Waals surface area contributed by atoms with E-state index in [1.165, 1.54) is 0 Å². The van der Waals surface area contributed by atoms with E-state index in [1.807, 2.05) is 84.9 Å². The fourth-order valence-electron chi connectivity index (χ4n) is 2.53. The van der Waals surface area contributed by atoms with E-state index in [0.29, 0.717) is 19.8 Å². The van der Waals surface area contributed by atoms with Crippen molar-refractivity contribution in [2.24, 2.45) is 5.73 Å². The number of nitrogens with two attached hydrogens (primary N) is 1. The molecule has 3 nitrogen and oxygen atoms in total. The molecule has 128 valence electrons. The first-order valence-corrected chi connectivity index (χ1v) is 8.45. The first-order valence-electron chi connectivity index (χ1n) is 8.45. The highest BCUT2D eigenvalue weighted by atomic mass is 16.5. The summed E-state index contributed by atoms with van der Waals surface area (Å²) in [5, 5.41) is 0. The molecule has 0 amide bonds. The predicted octanol–water partition coefficient (Wildman–Crippen LogP) is 4.48. The number of hydrogen-bond donors (Lipinski definition) is 1. The molecule has 0 aromatic heterocycles. The van der Waals surface area contributed by atoms with Gasteiger partial charge in [0.2, 0.25) is 0 Å². The van der Waals surface area contributed by atoms with Crippen LogP contribution in [0.3, 0.4) is 0 Å². The Hall–Kier alpha value is -2.62. The van der Waals surface area contributed by atoms with E-state index in [1.54, 1.807) is 0 Å². The highest BCUT2D eigenvalue weighted by Gasteiger charge is 2.07. The van der Waals surface area contributed by atoms with E-state index in [4.69, 9.17) is 15.2 Å². The summed E-state index contributed by atoms with van der Waals surface area (Å²) in [5.41, 5.74) is 9.55. The van der Waals surface area contributed by atoms with Gasteiger partial charge in [0.15, 0.2) is 0 Å². The maximum atomic E-state index is 6.21. The zero-order valence-electron chi connectivity index (χ0n) is 14.2. The van der Waals surface area contributed by atoms with Gasteiger partial charge in [-0.3, -0.25) is 0 Å². The molecule has 1 atom stereocenters. The van der Waals surface area contributed by atoms with Crippen LogP contribution in [0.2, 0.25) is 0 Å². The minimum Gasteiger partial charge on any atom is -0.489 e. The molecule has 0 spiro atoms. The van der Waals surface area contributed by atoms with Crippen molar-refractivity contribution in [1.29, 1.82) is 0 Å². The summed E-state index contributed by atoms with van der Waals surface area (Å²) in [5.74, 6) is 0.838. The minimum atomic E-state index is -0.146. The van der Waals surface area contributed by atoms with Gasteiger partial charge in [0.25, 0.3) is 0 Å². The molecule has 0 fully saturated rings. The fraction of sp³-hybridized carbons (Fsp3) is 0.182. The lowest BCUT2D eigenvalue weighted by Gasteiger charge is -2.14. The zero-order chi connectivity index (χ0) is 17.3. The van der Waals surface area contributed by atoms with Crippen LogP contribution in [0.15, 0.2) is 84.9 Å². The lowest BCUT2D eigenvalue weighted by atomic mass is 10.1. The number of ether oxygens (including phenoxy) is 2. The molecule has 0 saturated carbocycles. The van der Waals surface area contributed by atoms with E-state index in [-0.39, 0.29) is 6.04 Å². The summed E-state index contributed by atoms with van der Waals surface area (Å²) in [7, 11) is 0. The van der Waals surface area contributed by atoms with Gasteiger partial charge in [-0.2, -0.15) is 0 Å². The molecule has 0 bridgehead atoms. The second kappa shape index (κ2) is 9.02. The van der Waals surface area contributed by atoms with E-state index in [9.17, 15) is 0 Å². The molecule has 3 aromatic carbocycles. The molecule has 1 unspecified atom stereocenters. The second-order valence-electron chi connectivity index (χ2n) is 5.95. The predicted molar refractivity (Wildman–Crippen MR) is 100 cm³/mol. The van der Waals surface area contributed by atoms with Gasteiger partial charge in [-0.05, 0) is 28.8 Å². The van der Waals surface area contributed by atoms with Crippen LogP contribution < -0.4 is 10.5 Å². The van der Waals surface area contributed by atoms with Crippen molar-refractivity contribution < 1.29 is 9.47 Å². The summed E-state index contributed by atoms with van der Waals surface area (Å²) in [6, 6.07) is 28.0. The maximum absolute atomic E-state index is 6.21. The quantitative estimate of drug-likeness (QED) is 0.661. The first kappa shape index (κ1) is 17.2. The van der Waals surface area contributed by atoms with Crippen LogP contribution in [0.25, 0.3) is 0 Å². The first-order chi connectivity index (χ1) is 12.3. The summed E-state index contributed by atoms with van der Waals surface area (Å²) in [6.45, 7) is 1.62. The Morgan fingerprint density at radius 1 is 0.680 bits per heavy atom.